The maximum absolute atomic E-state index is 10.2. The maximum Gasteiger partial charge on any atom is 0.318 e. The Bertz CT molecular complexity index is 222. The molecule has 5 nitrogen and oxygen atoms in total. The number of alkyl halides is 1. The average molecular weight is 186 g/mol. The van der Waals surface area contributed by atoms with Gasteiger partial charge in [-0.3, -0.25) is 0 Å². The topological polar surface area (TPSA) is 98.5 Å². The summed E-state index contributed by atoms with van der Waals surface area (Å²) in [4.78, 5) is 0. The highest BCUT2D eigenvalue weighted by atomic mass is 35.5. The third-order valence-electron chi connectivity index (χ3n) is 0.595. The van der Waals surface area contributed by atoms with Crippen molar-refractivity contribution in [2.75, 3.05) is 5.88 Å². The summed E-state index contributed by atoms with van der Waals surface area (Å²) in [5, 5.41) is 4.53. The zero-order valence-corrected chi connectivity index (χ0v) is 6.69. The average Bonchev–Trinajstić information content (AvgIpc) is 1.59. The Morgan fingerprint density at radius 3 is 2.40 bits per heavy atom. The molecule has 0 aromatic rings. The molecule has 0 amide bonds. The van der Waals surface area contributed by atoms with E-state index in [1.807, 2.05) is 0 Å². The molecule has 0 unspecified atom stereocenters. The van der Waals surface area contributed by atoms with Gasteiger partial charge in [0.05, 0.1) is 0 Å². The molecule has 0 saturated heterocycles. The molecular weight excluding hydrogens is 178 g/mol. The summed E-state index contributed by atoms with van der Waals surface area (Å²) in [7, 11) is -3.84. The largest absolute Gasteiger partial charge is 0.386 e. The van der Waals surface area contributed by atoms with Gasteiger partial charge in [0, 0.05) is 12.3 Å². The Morgan fingerprint density at radius 2 is 2.10 bits per heavy atom. The van der Waals surface area contributed by atoms with Crippen LogP contribution in [0, 0.1) is 0 Å². The van der Waals surface area contributed by atoms with Crippen LogP contribution >= 0.6 is 11.6 Å². The van der Waals surface area contributed by atoms with Gasteiger partial charge in [-0.1, -0.05) is 0 Å². The molecule has 7 heteroatoms. The van der Waals surface area contributed by atoms with Gasteiger partial charge in [0.15, 0.2) is 0 Å². The van der Waals surface area contributed by atoms with E-state index in [1.54, 1.807) is 0 Å². The van der Waals surface area contributed by atoms with E-state index in [0.717, 1.165) is 0 Å². The molecule has 0 fully saturated rings. The van der Waals surface area contributed by atoms with Crippen molar-refractivity contribution in [1.29, 1.82) is 0 Å². The summed E-state index contributed by atoms with van der Waals surface area (Å²) >= 11 is 5.23. The number of hydrogen-bond donors (Lipinski definition) is 2. The lowest BCUT2D eigenvalue weighted by Gasteiger charge is -1.92. The summed E-state index contributed by atoms with van der Waals surface area (Å²) in [6, 6.07) is 0. The second-order valence-corrected chi connectivity index (χ2v) is 3.13. The standard InChI is InChI=1S/C3H8ClN3O2S/c4-2-1-3(5)7-10(6,8)9/h1-2H2,(H2,5,7)(H2,6,8,9). The van der Waals surface area contributed by atoms with Crippen LogP contribution in [-0.2, 0) is 10.2 Å². The van der Waals surface area contributed by atoms with E-state index in [1.165, 1.54) is 0 Å². The molecule has 0 rings (SSSR count). The van der Waals surface area contributed by atoms with Gasteiger partial charge in [-0.2, -0.15) is 8.42 Å². The molecule has 4 N–H and O–H groups in total. The minimum atomic E-state index is -3.84. The normalized spacial score (nSPS) is 13.6. The van der Waals surface area contributed by atoms with Crippen LogP contribution in [0.1, 0.15) is 6.42 Å². The fourth-order valence-corrected chi connectivity index (χ4v) is 0.918. The Balaban J connectivity index is 4.18. The predicted octanol–water partition coefficient (Wildman–Crippen LogP) is -0.824. The van der Waals surface area contributed by atoms with Crippen molar-refractivity contribution in [1.82, 2.24) is 0 Å². The molecule has 0 atom stereocenters. The van der Waals surface area contributed by atoms with Gasteiger partial charge in [-0.05, 0) is 0 Å². The summed E-state index contributed by atoms with van der Waals surface area (Å²) in [5.41, 5.74) is 5.08. The maximum atomic E-state index is 10.2. The smallest absolute Gasteiger partial charge is 0.318 e. The fourth-order valence-electron chi connectivity index (χ4n) is 0.306. The second-order valence-electron chi connectivity index (χ2n) is 1.54. The molecule has 0 saturated carbocycles. The number of halogens is 1. The molecule has 0 heterocycles. The van der Waals surface area contributed by atoms with Crippen LogP contribution < -0.4 is 10.9 Å². The first-order valence-corrected chi connectivity index (χ1v) is 4.42. The molecule has 0 aromatic carbocycles. The van der Waals surface area contributed by atoms with Gasteiger partial charge >= 0.3 is 10.2 Å². The lowest BCUT2D eigenvalue weighted by molar-refractivity contribution is 0.599. The molecule has 0 aliphatic heterocycles. The van der Waals surface area contributed by atoms with Crippen molar-refractivity contribution in [3.8, 4) is 0 Å². The van der Waals surface area contributed by atoms with Crippen LogP contribution in [0.15, 0.2) is 4.40 Å². The van der Waals surface area contributed by atoms with Gasteiger partial charge in [-0.25, -0.2) is 5.14 Å². The van der Waals surface area contributed by atoms with Crippen LogP contribution in [0.5, 0.6) is 0 Å². The summed E-state index contributed by atoms with van der Waals surface area (Å²) in [6.07, 6.45) is 0.220. The summed E-state index contributed by atoms with van der Waals surface area (Å²) in [5.74, 6) is 0.155. The molecule has 0 bridgehead atoms. The van der Waals surface area contributed by atoms with Crippen molar-refractivity contribution in [3.05, 3.63) is 0 Å². The molecule has 0 radical (unpaired) electrons. The van der Waals surface area contributed by atoms with Crippen molar-refractivity contribution in [2.24, 2.45) is 15.3 Å². The molecule has 0 aliphatic carbocycles. The number of nitrogens with zero attached hydrogens (tertiary/aromatic N) is 1. The number of rotatable bonds is 3. The van der Waals surface area contributed by atoms with Crippen molar-refractivity contribution in [3.63, 3.8) is 0 Å². The van der Waals surface area contributed by atoms with Crippen molar-refractivity contribution >= 4 is 27.6 Å². The third kappa shape index (κ3) is 5.80. The van der Waals surface area contributed by atoms with E-state index in [2.05, 4.69) is 9.54 Å². The predicted molar refractivity (Wildman–Crippen MR) is 40.1 cm³/mol. The SMILES string of the molecule is N/C(CCCl)=N/S(N)(=O)=O. The van der Waals surface area contributed by atoms with Crippen LogP contribution in [-0.4, -0.2) is 20.1 Å². The lowest BCUT2D eigenvalue weighted by Crippen LogP contribution is -2.18. The van der Waals surface area contributed by atoms with Crippen LogP contribution in [0.2, 0.25) is 0 Å². The molecule has 0 aliphatic rings. The third-order valence-corrected chi connectivity index (χ3v) is 1.27. The molecule has 0 spiro atoms. The van der Waals surface area contributed by atoms with Crippen LogP contribution in [0.3, 0.4) is 0 Å². The molecule has 10 heavy (non-hydrogen) atoms. The highest BCUT2D eigenvalue weighted by molar-refractivity contribution is 7.88. The first-order chi connectivity index (χ1) is 4.45. The van der Waals surface area contributed by atoms with Gasteiger partial charge in [0.1, 0.15) is 5.84 Å². The second kappa shape index (κ2) is 3.75. The van der Waals surface area contributed by atoms with Gasteiger partial charge in [0.25, 0.3) is 0 Å². The van der Waals surface area contributed by atoms with Crippen molar-refractivity contribution in [2.45, 2.75) is 6.42 Å². The highest BCUT2D eigenvalue weighted by Crippen LogP contribution is 1.87. The Labute approximate surface area is 64.2 Å². The Hall–Kier alpha value is -0.330. The van der Waals surface area contributed by atoms with E-state index >= 15 is 0 Å². The monoisotopic (exact) mass is 185 g/mol. The number of nitrogens with two attached hydrogens (primary N) is 2. The summed E-state index contributed by atoms with van der Waals surface area (Å²) in [6.45, 7) is 0. The van der Waals surface area contributed by atoms with Crippen LogP contribution in [0.4, 0.5) is 0 Å². The number of hydrogen-bond acceptors (Lipinski definition) is 2. The minimum absolute atomic E-state index is 0.0718. The number of amidine groups is 1. The van der Waals surface area contributed by atoms with E-state index in [9.17, 15) is 8.42 Å². The van der Waals surface area contributed by atoms with E-state index < -0.39 is 10.2 Å². The van der Waals surface area contributed by atoms with Gasteiger partial charge in [0.2, 0.25) is 0 Å². The first-order valence-electron chi connectivity index (χ1n) is 2.38. The molecule has 0 aromatic heterocycles. The van der Waals surface area contributed by atoms with Crippen LogP contribution in [0.25, 0.3) is 0 Å². The van der Waals surface area contributed by atoms with E-state index in [4.69, 9.17) is 17.3 Å². The lowest BCUT2D eigenvalue weighted by atomic mass is 10.5. The molecular formula is C3H8ClN3O2S. The van der Waals surface area contributed by atoms with Gasteiger partial charge in [-0.15, -0.1) is 16.0 Å². The fraction of sp³-hybridized carbons (Fsp3) is 0.667. The molecule has 60 valence electrons. The first kappa shape index (κ1) is 9.67. The highest BCUT2D eigenvalue weighted by Gasteiger charge is 1.98. The van der Waals surface area contributed by atoms with E-state index in [-0.39, 0.29) is 18.1 Å². The Morgan fingerprint density at radius 1 is 1.60 bits per heavy atom. The zero-order valence-electron chi connectivity index (χ0n) is 5.12. The minimum Gasteiger partial charge on any atom is -0.386 e. The van der Waals surface area contributed by atoms with E-state index in [0.29, 0.717) is 0 Å². The zero-order chi connectivity index (χ0) is 8.20. The summed E-state index contributed by atoms with van der Waals surface area (Å²) < 4.78 is 23.3. The quantitative estimate of drug-likeness (QED) is 0.341. The Kier molecular flexibility index (Phi) is 3.62. The van der Waals surface area contributed by atoms with Gasteiger partial charge < -0.3 is 5.73 Å². The van der Waals surface area contributed by atoms with Crippen molar-refractivity contribution < 1.29 is 8.42 Å².